The van der Waals surface area contributed by atoms with Gasteiger partial charge in [0.2, 0.25) is 0 Å². The van der Waals surface area contributed by atoms with Crippen LogP contribution >= 0.6 is 0 Å². The van der Waals surface area contributed by atoms with E-state index < -0.39 is 12.2 Å². The van der Waals surface area contributed by atoms with Gasteiger partial charge in [-0.3, -0.25) is 0 Å². The SMILES string of the molecule is CNC(=O)OCc1c(COC(=O)NC)c(-c2ccc(F)cc2)n(C)c1C. The van der Waals surface area contributed by atoms with Crippen LogP contribution in [0, 0.1) is 12.7 Å². The molecule has 2 N–H and O–H groups in total. The quantitative estimate of drug-likeness (QED) is 0.856. The molecule has 0 aliphatic heterocycles. The highest BCUT2D eigenvalue weighted by atomic mass is 19.1. The summed E-state index contributed by atoms with van der Waals surface area (Å²) in [5.74, 6) is -0.342. The fourth-order valence-corrected chi connectivity index (χ4v) is 2.68. The third kappa shape index (κ3) is 4.14. The Bertz CT molecular complexity index is 800. The predicted octanol–water partition coefficient (Wildman–Crippen LogP) is 2.85. The van der Waals surface area contributed by atoms with Crippen LogP contribution < -0.4 is 10.6 Å². The van der Waals surface area contributed by atoms with Crippen LogP contribution in [0.4, 0.5) is 14.0 Å². The molecule has 140 valence electrons. The number of halogens is 1. The number of hydrogen-bond acceptors (Lipinski definition) is 4. The Kier molecular flexibility index (Phi) is 6.21. The summed E-state index contributed by atoms with van der Waals surface area (Å²) in [6.45, 7) is 1.88. The Labute approximate surface area is 151 Å². The number of carbonyl (C=O) groups is 2. The molecule has 8 heteroatoms. The highest BCUT2D eigenvalue weighted by Crippen LogP contribution is 2.32. The van der Waals surface area contributed by atoms with Gasteiger partial charge in [-0.15, -0.1) is 0 Å². The average Bonchev–Trinajstić information content (AvgIpc) is 2.88. The number of ether oxygens (including phenoxy) is 2. The maximum Gasteiger partial charge on any atom is 0.407 e. The van der Waals surface area contributed by atoms with E-state index in [1.165, 1.54) is 26.2 Å². The standard InChI is InChI=1S/C18H22FN3O4/c1-11-14(9-25-17(23)20-2)15(10-26-18(24)21-3)16(22(11)4)12-5-7-13(19)8-6-12/h5-8H,9-10H2,1-4H3,(H,20,23)(H,21,24). The molecule has 1 heterocycles. The number of nitrogens with zero attached hydrogens (tertiary/aromatic N) is 1. The number of alkyl carbamates (subject to hydrolysis) is 2. The summed E-state index contributed by atoms with van der Waals surface area (Å²) in [6, 6.07) is 6.03. The normalized spacial score (nSPS) is 10.3. The van der Waals surface area contributed by atoms with Crippen LogP contribution in [0.5, 0.6) is 0 Å². The number of amides is 2. The largest absolute Gasteiger partial charge is 0.445 e. The van der Waals surface area contributed by atoms with E-state index in [0.717, 1.165) is 22.5 Å². The molecular weight excluding hydrogens is 341 g/mol. The molecular formula is C18H22FN3O4. The van der Waals surface area contributed by atoms with E-state index in [0.29, 0.717) is 5.56 Å². The van der Waals surface area contributed by atoms with Crippen molar-refractivity contribution in [2.24, 2.45) is 7.05 Å². The molecule has 0 atom stereocenters. The fourth-order valence-electron chi connectivity index (χ4n) is 2.68. The van der Waals surface area contributed by atoms with E-state index in [1.807, 2.05) is 18.5 Å². The zero-order valence-electron chi connectivity index (χ0n) is 15.2. The van der Waals surface area contributed by atoms with Crippen molar-refractivity contribution in [2.75, 3.05) is 14.1 Å². The summed E-state index contributed by atoms with van der Waals surface area (Å²) in [5, 5.41) is 4.78. The number of carbonyl (C=O) groups excluding carboxylic acids is 2. The van der Waals surface area contributed by atoms with E-state index in [9.17, 15) is 14.0 Å². The third-order valence-corrected chi connectivity index (χ3v) is 4.15. The summed E-state index contributed by atoms with van der Waals surface area (Å²) in [5.41, 5.74) is 3.81. The summed E-state index contributed by atoms with van der Waals surface area (Å²) in [4.78, 5) is 23.0. The minimum absolute atomic E-state index is 0.0134. The molecule has 0 spiro atoms. The van der Waals surface area contributed by atoms with Crippen LogP contribution in [0.25, 0.3) is 11.3 Å². The maximum absolute atomic E-state index is 13.3. The Morgan fingerprint density at radius 3 is 2.00 bits per heavy atom. The van der Waals surface area contributed by atoms with Crippen molar-refractivity contribution in [3.05, 3.63) is 46.9 Å². The van der Waals surface area contributed by atoms with Crippen LogP contribution in [-0.2, 0) is 29.7 Å². The van der Waals surface area contributed by atoms with Gasteiger partial charge in [-0.25, -0.2) is 14.0 Å². The maximum atomic E-state index is 13.3. The molecule has 2 rings (SSSR count). The summed E-state index contributed by atoms with van der Waals surface area (Å²) < 4.78 is 25.6. The second-order valence-electron chi connectivity index (χ2n) is 5.61. The molecule has 0 radical (unpaired) electrons. The van der Waals surface area contributed by atoms with Gasteiger partial charge in [0, 0.05) is 38.0 Å². The van der Waals surface area contributed by atoms with Gasteiger partial charge in [0.05, 0.1) is 5.69 Å². The molecule has 7 nitrogen and oxygen atoms in total. The van der Waals surface area contributed by atoms with Gasteiger partial charge in [0.15, 0.2) is 0 Å². The molecule has 26 heavy (non-hydrogen) atoms. The molecule has 1 aromatic heterocycles. The van der Waals surface area contributed by atoms with Crippen molar-refractivity contribution in [2.45, 2.75) is 20.1 Å². The molecule has 1 aromatic carbocycles. The Balaban J connectivity index is 2.48. The lowest BCUT2D eigenvalue weighted by Gasteiger charge is -2.11. The van der Waals surface area contributed by atoms with Crippen molar-refractivity contribution in [3.8, 4) is 11.3 Å². The zero-order valence-corrected chi connectivity index (χ0v) is 15.2. The monoisotopic (exact) mass is 363 g/mol. The number of nitrogens with one attached hydrogen (secondary N) is 2. The molecule has 2 amide bonds. The van der Waals surface area contributed by atoms with Gasteiger partial charge in [0.25, 0.3) is 0 Å². The first-order chi connectivity index (χ1) is 12.4. The summed E-state index contributed by atoms with van der Waals surface area (Å²) >= 11 is 0. The van der Waals surface area contributed by atoms with Crippen molar-refractivity contribution in [3.63, 3.8) is 0 Å². The lowest BCUT2D eigenvalue weighted by Crippen LogP contribution is -2.20. The Morgan fingerprint density at radius 1 is 1.00 bits per heavy atom. The first-order valence-electron chi connectivity index (χ1n) is 8.01. The van der Waals surface area contributed by atoms with Gasteiger partial charge < -0.3 is 24.7 Å². The molecule has 0 aliphatic rings. The minimum Gasteiger partial charge on any atom is -0.445 e. The minimum atomic E-state index is -0.574. The van der Waals surface area contributed by atoms with E-state index in [-0.39, 0.29) is 19.0 Å². The zero-order chi connectivity index (χ0) is 19.3. The molecule has 0 fully saturated rings. The first kappa shape index (κ1) is 19.3. The van der Waals surface area contributed by atoms with Crippen molar-refractivity contribution in [1.29, 1.82) is 0 Å². The first-order valence-corrected chi connectivity index (χ1v) is 8.01. The number of benzene rings is 1. The average molecular weight is 363 g/mol. The number of aromatic nitrogens is 1. The highest BCUT2D eigenvalue weighted by molar-refractivity contribution is 5.70. The van der Waals surface area contributed by atoms with Gasteiger partial charge in [0.1, 0.15) is 19.0 Å². The lowest BCUT2D eigenvalue weighted by molar-refractivity contribution is 0.134. The smallest absolute Gasteiger partial charge is 0.407 e. The molecule has 0 saturated heterocycles. The van der Waals surface area contributed by atoms with Gasteiger partial charge in [-0.2, -0.15) is 0 Å². The topological polar surface area (TPSA) is 81.6 Å². The molecule has 0 bridgehead atoms. The molecule has 0 saturated carbocycles. The highest BCUT2D eigenvalue weighted by Gasteiger charge is 2.22. The summed E-state index contributed by atoms with van der Waals surface area (Å²) in [7, 11) is 4.79. The van der Waals surface area contributed by atoms with Crippen LogP contribution in [0.3, 0.4) is 0 Å². The fraction of sp³-hybridized carbons (Fsp3) is 0.333. The Morgan fingerprint density at radius 2 is 1.50 bits per heavy atom. The summed E-state index contributed by atoms with van der Waals surface area (Å²) in [6.07, 6.45) is -1.13. The van der Waals surface area contributed by atoms with Crippen LogP contribution in [0.15, 0.2) is 24.3 Å². The van der Waals surface area contributed by atoms with Crippen molar-refractivity contribution < 1.29 is 23.5 Å². The van der Waals surface area contributed by atoms with E-state index in [2.05, 4.69) is 10.6 Å². The molecule has 0 unspecified atom stereocenters. The lowest BCUT2D eigenvalue weighted by atomic mass is 10.0. The van der Waals surface area contributed by atoms with Gasteiger partial charge >= 0.3 is 12.2 Å². The molecule has 0 aliphatic carbocycles. The predicted molar refractivity (Wildman–Crippen MR) is 94.0 cm³/mol. The molecule has 2 aromatic rings. The van der Waals surface area contributed by atoms with Crippen molar-refractivity contribution in [1.82, 2.24) is 15.2 Å². The second-order valence-corrected chi connectivity index (χ2v) is 5.61. The third-order valence-electron chi connectivity index (χ3n) is 4.15. The number of hydrogen-bond donors (Lipinski definition) is 2. The number of rotatable bonds is 5. The van der Waals surface area contributed by atoms with Crippen LogP contribution in [-0.4, -0.2) is 30.8 Å². The van der Waals surface area contributed by atoms with Crippen LogP contribution in [0.2, 0.25) is 0 Å². The van der Waals surface area contributed by atoms with Crippen LogP contribution in [0.1, 0.15) is 16.8 Å². The van der Waals surface area contributed by atoms with E-state index >= 15 is 0 Å². The van der Waals surface area contributed by atoms with Gasteiger partial charge in [-0.05, 0) is 36.8 Å². The second kappa shape index (κ2) is 8.37. The van der Waals surface area contributed by atoms with Gasteiger partial charge in [-0.1, -0.05) is 0 Å². The van der Waals surface area contributed by atoms with E-state index in [4.69, 9.17) is 9.47 Å². The van der Waals surface area contributed by atoms with Crippen molar-refractivity contribution >= 4 is 12.2 Å². The Hall–Kier alpha value is -3.03. The van der Waals surface area contributed by atoms with E-state index in [1.54, 1.807) is 12.1 Å².